The number of rotatable bonds is 4. The number of hydrogen-bond donors (Lipinski definition) is 1. The van der Waals surface area contributed by atoms with E-state index in [2.05, 4.69) is 11.9 Å². The van der Waals surface area contributed by atoms with E-state index >= 15 is 0 Å². The maximum Gasteiger partial charge on any atom is 0.349 e. The lowest BCUT2D eigenvalue weighted by Gasteiger charge is -2.28. The van der Waals surface area contributed by atoms with Crippen molar-refractivity contribution in [3.05, 3.63) is 77.2 Å². The summed E-state index contributed by atoms with van der Waals surface area (Å²) in [6, 6.07) is 13.4. The van der Waals surface area contributed by atoms with Gasteiger partial charge in [0.2, 0.25) is 0 Å². The summed E-state index contributed by atoms with van der Waals surface area (Å²) in [5, 5.41) is 3.32. The van der Waals surface area contributed by atoms with E-state index in [1.54, 1.807) is 48.5 Å². The number of ether oxygens (including phenoxy) is 1. The molecule has 7 nitrogen and oxygen atoms in total. The van der Waals surface area contributed by atoms with Crippen LogP contribution in [0.4, 0.5) is 11.4 Å². The quantitative estimate of drug-likeness (QED) is 0.559. The van der Waals surface area contributed by atoms with E-state index in [1.165, 1.54) is 11.0 Å². The second-order valence-corrected chi connectivity index (χ2v) is 6.20. The Morgan fingerprint density at radius 2 is 2.00 bits per heavy atom. The molecule has 2 heterocycles. The van der Waals surface area contributed by atoms with Crippen LogP contribution >= 0.6 is 0 Å². The minimum Gasteiger partial charge on any atom is -0.482 e. The molecule has 0 aliphatic carbocycles. The largest absolute Gasteiger partial charge is 0.482 e. The molecule has 1 aliphatic rings. The number of nitrogens with one attached hydrogen (secondary N) is 1. The third-order valence-electron chi connectivity index (χ3n) is 4.36. The molecule has 1 aliphatic heterocycles. The monoisotopic (exact) mass is 376 g/mol. The van der Waals surface area contributed by atoms with Crippen molar-refractivity contribution in [2.45, 2.75) is 0 Å². The van der Waals surface area contributed by atoms with E-state index in [-0.39, 0.29) is 18.1 Å². The van der Waals surface area contributed by atoms with Crippen LogP contribution in [0.3, 0.4) is 0 Å². The molecule has 0 spiro atoms. The maximum atomic E-state index is 12.6. The van der Waals surface area contributed by atoms with Crippen molar-refractivity contribution in [1.29, 1.82) is 0 Å². The van der Waals surface area contributed by atoms with Gasteiger partial charge in [0, 0.05) is 17.6 Å². The minimum absolute atomic E-state index is 0.0509. The Morgan fingerprint density at radius 1 is 1.18 bits per heavy atom. The summed E-state index contributed by atoms with van der Waals surface area (Å²) in [4.78, 5) is 38.4. The maximum absolute atomic E-state index is 12.6. The van der Waals surface area contributed by atoms with E-state index in [1.807, 2.05) is 0 Å². The summed E-state index contributed by atoms with van der Waals surface area (Å²) >= 11 is 0. The fourth-order valence-electron chi connectivity index (χ4n) is 3.03. The normalized spacial score (nSPS) is 13.0. The van der Waals surface area contributed by atoms with Gasteiger partial charge in [-0.25, -0.2) is 4.79 Å². The van der Waals surface area contributed by atoms with Crippen LogP contribution in [-0.2, 0) is 4.79 Å². The van der Waals surface area contributed by atoms with Gasteiger partial charge in [-0.1, -0.05) is 24.3 Å². The Kier molecular flexibility index (Phi) is 4.41. The van der Waals surface area contributed by atoms with Gasteiger partial charge in [-0.15, -0.1) is 6.58 Å². The number of nitrogens with zero attached hydrogens (tertiary/aromatic N) is 1. The summed E-state index contributed by atoms with van der Waals surface area (Å²) in [6.45, 7) is 3.93. The lowest BCUT2D eigenvalue weighted by atomic mass is 10.1. The molecule has 0 fully saturated rings. The average molecular weight is 376 g/mol. The van der Waals surface area contributed by atoms with Crippen molar-refractivity contribution in [3.8, 4) is 5.75 Å². The molecule has 7 heteroatoms. The molecule has 0 atom stereocenters. The summed E-state index contributed by atoms with van der Waals surface area (Å²) in [5.74, 6) is -0.270. The van der Waals surface area contributed by atoms with Gasteiger partial charge in [0.25, 0.3) is 11.8 Å². The predicted octanol–water partition coefficient (Wildman–Crippen LogP) is 2.96. The zero-order valence-electron chi connectivity index (χ0n) is 14.8. The second kappa shape index (κ2) is 7.03. The number of amides is 2. The van der Waals surface area contributed by atoms with E-state index < -0.39 is 11.5 Å². The van der Waals surface area contributed by atoms with Gasteiger partial charge in [-0.3, -0.25) is 9.59 Å². The molecule has 0 saturated carbocycles. The van der Waals surface area contributed by atoms with Gasteiger partial charge in [0.05, 0.1) is 5.69 Å². The Labute approximate surface area is 159 Å². The molecule has 3 aromatic rings. The van der Waals surface area contributed by atoms with Crippen molar-refractivity contribution in [3.63, 3.8) is 0 Å². The minimum atomic E-state index is -0.721. The molecule has 2 aromatic carbocycles. The van der Waals surface area contributed by atoms with E-state index in [9.17, 15) is 14.4 Å². The smallest absolute Gasteiger partial charge is 0.349 e. The van der Waals surface area contributed by atoms with Crippen LogP contribution in [0.25, 0.3) is 11.0 Å². The summed E-state index contributed by atoms with van der Waals surface area (Å²) in [5.41, 5.74) is 0.532. The molecule has 2 amide bonds. The van der Waals surface area contributed by atoms with Crippen LogP contribution < -0.4 is 20.6 Å². The van der Waals surface area contributed by atoms with Gasteiger partial charge >= 0.3 is 5.63 Å². The van der Waals surface area contributed by atoms with Crippen LogP contribution in [0, 0.1) is 0 Å². The van der Waals surface area contributed by atoms with Crippen LogP contribution in [-0.4, -0.2) is 25.0 Å². The van der Waals surface area contributed by atoms with Crippen molar-refractivity contribution in [1.82, 2.24) is 0 Å². The van der Waals surface area contributed by atoms with Crippen LogP contribution in [0.2, 0.25) is 0 Å². The number of hydrogen-bond acceptors (Lipinski definition) is 5. The van der Waals surface area contributed by atoms with Crippen molar-refractivity contribution >= 4 is 34.2 Å². The van der Waals surface area contributed by atoms with Gasteiger partial charge in [-0.2, -0.15) is 0 Å². The Hall–Kier alpha value is -3.87. The molecule has 0 bridgehead atoms. The standard InChI is InChI=1S/C21H16N2O5/c1-2-9-23-16-11-14(7-8-18(16)27-12-19(23)24)22-20(25)15-10-13-5-3-4-6-17(13)28-21(15)26/h2-8,10-11H,1,9,12H2,(H,22,25). The van der Waals surface area contributed by atoms with E-state index in [0.29, 0.717) is 34.6 Å². The number of anilines is 2. The first kappa shape index (κ1) is 17.5. The molecule has 0 saturated heterocycles. The highest BCUT2D eigenvalue weighted by Crippen LogP contribution is 2.34. The molecular weight excluding hydrogens is 360 g/mol. The molecule has 1 aromatic heterocycles. The first-order valence-electron chi connectivity index (χ1n) is 8.59. The molecule has 0 unspecified atom stereocenters. The topological polar surface area (TPSA) is 88.8 Å². The van der Waals surface area contributed by atoms with Crippen molar-refractivity contribution in [2.24, 2.45) is 0 Å². The number of carbonyl (C=O) groups is 2. The zero-order chi connectivity index (χ0) is 19.7. The van der Waals surface area contributed by atoms with E-state index in [4.69, 9.17) is 9.15 Å². The molecule has 1 N–H and O–H groups in total. The van der Waals surface area contributed by atoms with Crippen molar-refractivity contribution < 1.29 is 18.7 Å². The fraction of sp³-hybridized carbons (Fsp3) is 0.0952. The van der Waals surface area contributed by atoms with Gasteiger partial charge in [0.15, 0.2) is 6.61 Å². The van der Waals surface area contributed by atoms with Gasteiger partial charge < -0.3 is 19.4 Å². The summed E-state index contributed by atoms with van der Waals surface area (Å²) in [6.07, 6.45) is 1.61. The zero-order valence-corrected chi connectivity index (χ0v) is 14.8. The number of para-hydroxylation sites is 1. The highest BCUT2D eigenvalue weighted by Gasteiger charge is 2.25. The number of carbonyl (C=O) groups excluding carboxylic acids is 2. The molecule has 0 radical (unpaired) electrons. The predicted molar refractivity (Wildman–Crippen MR) is 105 cm³/mol. The van der Waals surface area contributed by atoms with Crippen LogP contribution in [0.5, 0.6) is 5.75 Å². The lowest BCUT2D eigenvalue weighted by Crippen LogP contribution is -2.38. The highest BCUT2D eigenvalue weighted by molar-refractivity contribution is 6.06. The third kappa shape index (κ3) is 3.14. The van der Waals surface area contributed by atoms with E-state index in [0.717, 1.165) is 0 Å². The van der Waals surface area contributed by atoms with Crippen molar-refractivity contribution in [2.75, 3.05) is 23.4 Å². The molecular formula is C21H16N2O5. The highest BCUT2D eigenvalue weighted by atomic mass is 16.5. The number of benzene rings is 2. The SMILES string of the molecule is C=CCN1C(=O)COc2ccc(NC(=O)c3cc4ccccc4oc3=O)cc21. The molecule has 140 valence electrons. The Morgan fingerprint density at radius 3 is 2.82 bits per heavy atom. The van der Waals surface area contributed by atoms with Crippen LogP contribution in [0.1, 0.15) is 10.4 Å². The fourth-order valence-corrected chi connectivity index (χ4v) is 3.03. The number of fused-ring (bicyclic) bond motifs is 2. The summed E-state index contributed by atoms with van der Waals surface area (Å²) < 4.78 is 10.6. The summed E-state index contributed by atoms with van der Waals surface area (Å²) in [7, 11) is 0. The first-order chi connectivity index (χ1) is 13.6. The first-order valence-corrected chi connectivity index (χ1v) is 8.59. The lowest BCUT2D eigenvalue weighted by molar-refractivity contribution is -0.121. The van der Waals surface area contributed by atoms with Crippen LogP contribution in [0.15, 0.2) is 70.4 Å². The average Bonchev–Trinajstić information content (AvgIpc) is 2.69. The second-order valence-electron chi connectivity index (χ2n) is 6.20. The molecule has 28 heavy (non-hydrogen) atoms. The Bertz CT molecular complexity index is 1160. The third-order valence-corrected chi connectivity index (χ3v) is 4.36. The molecule has 4 rings (SSSR count). The van der Waals surface area contributed by atoms with Gasteiger partial charge in [-0.05, 0) is 30.3 Å². The van der Waals surface area contributed by atoms with Gasteiger partial charge in [0.1, 0.15) is 16.9 Å². The Balaban J connectivity index is 1.65.